The first-order valence-corrected chi connectivity index (χ1v) is 6.25. The van der Waals surface area contributed by atoms with E-state index < -0.39 is 0 Å². The van der Waals surface area contributed by atoms with E-state index in [4.69, 9.17) is 10.2 Å². The number of pyridine rings is 1. The lowest BCUT2D eigenvalue weighted by atomic mass is 9.80. The van der Waals surface area contributed by atoms with Gasteiger partial charge in [-0.3, -0.25) is 0 Å². The summed E-state index contributed by atoms with van der Waals surface area (Å²) < 4.78 is 5.68. The van der Waals surface area contributed by atoms with Crippen LogP contribution in [0.3, 0.4) is 0 Å². The second kappa shape index (κ2) is 4.11. The molecule has 0 bridgehead atoms. The average molecular weight is 231 g/mol. The summed E-state index contributed by atoms with van der Waals surface area (Å²) in [6.07, 6.45) is 8.33. The number of hydrogen-bond donors (Lipinski definition) is 1. The molecule has 90 valence electrons. The van der Waals surface area contributed by atoms with Gasteiger partial charge in [0.15, 0.2) is 17.1 Å². The SMILES string of the molecule is NC1(Cc2nc3ncccc3o2)CCCCC1. The van der Waals surface area contributed by atoms with E-state index in [0.29, 0.717) is 5.65 Å². The minimum atomic E-state index is -0.126. The zero-order valence-corrected chi connectivity index (χ0v) is 9.85. The van der Waals surface area contributed by atoms with E-state index in [1.54, 1.807) is 6.20 Å². The van der Waals surface area contributed by atoms with Crippen LogP contribution in [0.25, 0.3) is 11.2 Å². The van der Waals surface area contributed by atoms with Crippen LogP contribution < -0.4 is 5.73 Å². The molecule has 4 heteroatoms. The van der Waals surface area contributed by atoms with Crippen LogP contribution in [0.4, 0.5) is 0 Å². The van der Waals surface area contributed by atoms with Crippen LogP contribution in [0.2, 0.25) is 0 Å². The van der Waals surface area contributed by atoms with E-state index in [1.165, 1.54) is 19.3 Å². The molecule has 1 aliphatic carbocycles. The van der Waals surface area contributed by atoms with Crippen molar-refractivity contribution in [3.05, 3.63) is 24.2 Å². The van der Waals surface area contributed by atoms with Gasteiger partial charge in [0.2, 0.25) is 0 Å². The molecule has 0 aromatic carbocycles. The van der Waals surface area contributed by atoms with Gasteiger partial charge in [-0.1, -0.05) is 19.3 Å². The summed E-state index contributed by atoms with van der Waals surface area (Å²) in [6, 6.07) is 3.75. The van der Waals surface area contributed by atoms with Gasteiger partial charge >= 0.3 is 0 Å². The second-order valence-corrected chi connectivity index (χ2v) is 5.03. The predicted octanol–water partition coefficient (Wildman–Crippen LogP) is 2.43. The van der Waals surface area contributed by atoms with Crippen molar-refractivity contribution in [1.82, 2.24) is 9.97 Å². The molecule has 1 fully saturated rings. The van der Waals surface area contributed by atoms with Crippen molar-refractivity contribution >= 4 is 11.2 Å². The molecule has 0 spiro atoms. The molecule has 2 N–H and O–H groups in total. The highest BCUT2D eigenvalue weighted by molar-refractivity contribution is 5.66. The van der Waals surface area contributed by atoms with Crippen LogP contribution >= 0.6 is 0 Å². The minimum Gasteiger partial charge on any atom is -0.439 e. The van der Waals surface area contributed by atoms with Gasteiger partial charge in [0.1, 0.15) is 0 Å². The van der Waals surface area contributed by atoms with Gasteiger partial charge in [-0.25, -0.2) is 4.98 Å². The van der Waals surface area contributed by atoms with Gasteiger partial charge in [-0.15, -0.1) is 0 Å². The summed E-state index contributed by atoms with van der Waals surface area (Å²) >= 11 is 0. The first-order chi connectivity index (χ1) is 8.25. The highest BCUT2D eigenvalue weighted by Crippen LogP contribution is 2.29. The maximum atomic E-state index is 6.39. The third-order valence-corrected chi connectivity index (χ3v) is 3.56. The van der Waals surface area contributed by atoms with E-state index in [-0.39, 0.29) is 5.54 Å². The predicted molar refractivity (Wildman–Crippen MR) is 65.5 cm³/mol. The Bertz CT molecular complexity index is 481. The summed E-state index contributed by atoms with van der Waals surface area (Å²) in [6.45, 7) is 0. The average Bonchev–Trinajstić information content (AvgIpc) is 2.71. The summed E-state index contributed by atoms with van der Waals surface area (Å²) in [4.78, 5) is 8.57. The van der Waals surface area contributed by atoms with Crippen molar-refractivity contribution in [3.63, 3.8) is 0 Å². The van der Waals surface area contributed by atoms with Gasteiger partial charge in [-0.2, -0.15) is 4.98 Å². The number of rotatable bonds is 2. The summed E-state index contributed by atoms with van der Waals surface area (Å²) in [7, 11) is 0. The van der Waals surface area contributed by atoms with Crippen molar-refractivity contribution in [2.75, 3.05) is 0 Å². The Morgan fingerprint density at radius 3 is 2.88 bits per heavy atom. The van der Waals surface area contributed by atoms with E-state index in [2.05, 4.69) is 9.97 Å². The van der Waals surface area contributed by atoms with Gasteiger partial charge in [0.05, 0.1) is 0 Å². The fourth-order valence-corrected chi connectivity index (χ4v) is 2.62. The van der Waals surface area contributed by atoms with Crippen LogP contribution in [-0.2, 0) is 6.42 Å². The van der Waals surface area contributed by atoms with E-state index >= 15 is 0 Å². The molecular weight excluding hydrogens is 214 g/mol. The van der Waals surface area contributed by atoms with Crippen LogP contribution in [0.1, 0.15) is 38.0 Å². The largest absolute Gasteiger partial charge is 0.439 e. The molecule has 1 saturated carbocycles. The lowest BCUT2D eigenvalue weighted by Gasteiger charge is -2.32. The Balaban J connectivity index is 1.84. The minimum absolute atomic E-state index is 0.126. The molecule has 0 aliphatic heterocycles. The zero-order chi connectivity index (χ0) is 11.7. The molecule has 1 aliphatic rings. The molecule has 4 nitrogen and oxygen atoms in total. The molecule has 17 heavy (non-hydrogen) atoms. The summed E-state index contributed by atoms with van der Waals surface area (Å²) in [5.41, 5.74) is 7.70. The van der Waals surface area contributed by atoms with Crippen LogP contribution in [0, 0.1) is 0 Å². The van der Waals surface area contributed by atoms with Crippen molar-refractivity contribution in [2.45, 2.75) is 44.1 Å². The van der Waals surface area contributed by atoms with Crippen LogP contribution in [0.15, 0.2) is 22.7 Å². The number of hydrogen-bond acceptors (Lipinski definition) is 4. The molecule has 0 amide bonds. The third kappa shape index (κ3) is 2.17. The quantitative estimate of drug-likeness (QED) is 0.862. The van der Waals surface area contributed by atoms with Gasteiger partial charge in [-0.05, 0) is 25.0 Å². The first-order valence-electron chi connectivity index (χ1n) is 6.25. The zero-order valence-electron chi connectivity index (χ0n) is 9.85. The van der Waals surface area contributed by atoms with Crippen LogP contribution in [-0.4, -0.2) is 15.5 Å². The number of nitrogens with two attached hydrogens (primary N) is 1. The molecule has 2 heterocycles. The van der Waals surface area contributed by atoms with Crippen molar-refractivity contribution in [1.29, 1.82) is 0 Å². The van der Waals surface area contributed by atoms with Crippen molar-refractivity contribution in [3.8, 4) is 0 Å². The van der Waals surface area contributed by atoms with E-state index in [9.17, 15) is 0 Å². The van der Waals surface area contributed by atoms with Gasteiger partial charge < -0.3 is 10.2 Å². The first kappa shape index (κ1) is 10.7. The molecule has 2 aromatic rings. The fraction of sp³-hybridized carbons (Fsp3) is 0.538. The van der Waals surface area contributed by atoms with Crippen LogP contribution in [0.5, 0.6) is 0 Å². The Labute approximate surface area is 100 Å². The lowest BCUT2D eigenvalue weighted by Crippen LogP contribution is -2.43. The normalized spacial score (nSPS) is 19.6. The van der Waals surface area contributed by atoms with E-state index in [0.717, 1.165) is 30.7 Å². The van der Waals surface area contributed by atoms with Gasteiger partial charge in [0, 0.05) is 18.2 Å². The molecule has 0 radical (unpaired) electrons. The summed E-state index contributed by atoms with van der Waals surface area (Å²) in [5, 5.41) is 0. The Hall–Kier alpha value is -1.42. The highest BCUT2D eigenvalue weighted by atomic mass is 16.3. The standard InChI is InChI=1S/C13H17N3O/c14-13(6-2-1-3-7-13)9-11-16-12-10(17-11)5-4-8-15-12/h4-5,8H,1-3,6-7,9,14H2. The third-order valence-electron chi connectivity index (χ3n) is 3.56. The number of oxazole rings is 1. The molecule has 2 aromatic heterocycles. The Morgan fingerprint density at radius 2 is 2.12 bits per heavy atom. The summed E-state index contributed by atoms with van der Waals surface area (Å²) in [5.74, 6) is 0.725. The topological polar surface area (TPSA) is 64.9 Å². The molecule has 0 atom stereocenters. The number of aromatic nitrogens is 2. The Kier molecular flexibility index (Phi) is 2.59. The van der Waals surface area contributed by atoms with Crippen molar-refractivity contribution < 1.29 is 4.42 Å². The Morgan fingerprint density at radius 1 is 1.29 bits per heavy atom. The maximum Gasteiger partial charge on any atom is 0.198 e. The number of fused-ring (bicyclic) bond motifs is 1. The molecular formula is C13H17N3O. The number of nitrogens with zero attached hydrogens (tertiary/aromatic N) is 2. The molecule has 0 unspecified atom stereocenters. The van der Waals surface area contributed by atoms with Crippen molar-refractivity contribution in [2.24, 2.45) is 5.73 Å². The van der Waals surface area contributed by atoms with Gasteiger partial charge in [0.25, 0.3) is 0 Å². The molecule has 0 saturated heterocycles. The fourth-order valence-electron chi connectivity index (χ4n) is 2.62. The smallest absolute Gasteiger partial charge is 0.198 e. The lowest BCUT2D eigenvalue weighted by molar-refractivity contribution is 0.276. The highest BCUT2D eigenvalue weighted by Gasteiger charge is 2.29. The molecule has 3 rings (SSSR count). The monoisotopic (exact) mass is 231 g/mol. The maximum absolute atomic E-state index is 6.39. The second-order valence-electron chi connectivity index (χ2n) is 5.03. The van der Waals surface area contributed by atoms with E-state index in [1.807, 2.05) is 12.1 Å².